The second kappa shape index (κ2) is 7.87. The quantitative estimate of drug-likeness (QED) is 0.574. The van der Waals surface area contributed by atoms with E-state index in [2.05, 4.69) is 0 Å². The van der Waals surface area contributed by atoms with E-state index < -0.39 is 11.6 Å². The lowest BCUT2D eigenvalue weighted by Gasteiger charge is -2.29. The molecule has 1 aliphatic rings. The van der Waals surface area contributed by atoms with Crippen molar-refractivity contribution in [3.63, 3.8) is 0 Å². The summed E-state index contributed by atoms with van der Waals surface area (Å²) < 4.78 is 41.3. The maximum atomic E-state index is 14.5. The lowest BCUT2D eigenvalue weighted by atomic mass is 9.77. The summed E-state index contributed by atoms with van der Waals surface area (Å²) in [6.45, 7) is -0.253. The highest BCUT2D eigenvalue weighted by Gasteiger charge is 2.24. The van der Waals surface area contributed by atoms with Crippen molar-refractivity contribution < 1.29 is 13.2 Å². The van der Waals surface area contributed by atoms with E-state index in [4.69, 9.17) is 0 Å². The van der Waals surface area contributed by atoms with Gasteiger partial charge < -0.3 is 0 Å². The number of alkyl halides is 1. The fraction of sp³-hybridized carbons (Fsp3) is 0.429. The zero-order valence-corrected chi connectivity index (χ0v) is 13.8. The van der Waals surface area contributed by atoms with Crippen LogP contribution in [0, 0.1) is 17.6 Å². The zero-order chi connectivity index (χ0) is 16.9. The molecule has 0 spiro atoms. The van der Waals surface area contributed by atoms with Crippen LogP contribution in [-0.4, -0.2) is 6.67 Å². The molecule has 0 aliphatic heterocycles. The molecule has 0 unspecified atom stereocenters. The molecule has 0 N–H and O–H groups in total. The second-order valence-electron chi connectivity index (χ2n) is 6.77. The Balaban J connectivity index is 1.75. The predicted octanol–water partition coefficient (Wildman–Crippen LogP) is 6.66. The smallest absolute Gasteiger partial charge is 0.134 e. The molecular weight excluding hydrogens is 309 g/mol. The summed E-state index contributed by atoms with van der Waals surface area (Å²) in [5.74, 6) is -0.206. The molecule has 0 saturated heterocycles. The van der Waals surface area contributed by atoms with E-state index in [-0.39, 0.29) is 18.2 Å². The fourth-order valence-corrected chi connectivity index (χ4v) is 3.86. The highest BCUT2D eigenvalue weighted by molar-refractivity contribution is 5.65. The molecule has 1 aliphatic carbocycles. The van der Waals surface area contributed by atoms with Gasteiger partial charge in [0.15, 0.2) is 0 Å². The number of rotatable bonds is 5. The van der Waals surface area contributed by atoms with Gasteiger partial charge in [-0.25, -0.2) is 8.78 Å². The van der Waals surface area contributed by atoms with Crippen molar-refractivity contribution in [2.45, 2.75) is 44.4 Å². The monoisotopic (exact) mass is 332 g/mol. The summed E-state index contributed by atoms with van der Waals surface area (Å²) in [6, 6.07) is 11.8. The van der Waals surface area contributed by atoms with Crippen molar-refractivity contribution in [3.05, 3.63) is 59.7 Å². The van der Waals surface area contributed by atoms with Crippen LogP contribution in [0.25, 0.3) is 11.1 Å². The van der Waals surface area contributed by atoms with Crippen LogP contribution >= 0.6 is 0 Å². The lowest BCUT2D eigenvalue weighted by molar-refractivity contribution is 0.293. The molecule has 3 heteroatoms. The summed E-state index contributed by atoms with van der Waals surface area (Å²) in [6.07, 6.45) is 5.47. The van der Waals surface area contributed by atoms with Crippen molar-refractivity contribution in [1.29, 1.82) is 0 Å². The first kappa shape index (κ1) is 17.1. The van der Waals surface area contributed by atoms with Crippen LogP contribution in [0.15, 0.2) is 42.5 Å². The molecule has 0 aromatic heterocycles. The third-order valence-corrected chi connectivity index (χ3v) is 5.19. The number of hydrogen-bond acceptors (Lipinski definition) is 0. The standard InChI is InChI=1S/C21H23F3/c22-12-4-5-15-8-10-16(11-9-15)18-13-19(23)21(20(24)14-18)17-6-2-1-3-7-17/h1-3,6-7,13-16H,4-5,8-12H2. The van der Waals surface area contributed by atoms with Crippen molar-refractivity contribution in [2.75, 3.05) is 6.67 Å². The molecular formula is C21H23F3. The van der Waals surface area contributed by atoms with Crippen LogP contribution in [0.1, 0.15) is 50.0 Å². The number of benzene rings is 2. The molecule has 24 heavy (non-hydrogen) atoms. The highest BCUT2D eigenvalue weighted by Crippen LogP contribution is 2.39. The molecule has 2 aromatic carbocycles. The molecule has 0 bridgehead atoms. The molecule has 1 fully saturated rings. The van der Waals surface area contributed by atoms with Gasteiger partial charge >= 0.3 is 0 Å². The topological polar surface area (TPSA) is 0 Å². The summed E-state index contributed by atoms with van der Waals surface area (Å²) >= 11 is 0. The first-order valence-corrected chi connectivity index (χ1v) is 8.79. The second-order valence-corrected chi connectivity index (χ2v) is 6.77. The lowest BCUT2D eigenvalue weighted by Crippen LogP contribution is -2.14. The van der Waals surface area contributed by atoms with Gasteiger partial charge in [0.2, 0.25) is 0 Å². The Hall–Kier alpha value is -1.77. The molecule has 0 radical (unpaired) electrons. The van der Waals surface area contributed by atoms with Crippen LogP contribution in [0.2, 0.25) is 0 Å². The third-order valence-electron chi connectivity index (χ3n) is 5.19. The van der Waals surface area contributed by atoms with Crippen molar-refractivity contribution >= 4 is 0 Å². The maximum Gasteiger partial charge on any atom is 0.134 e. The number of hydrogen-bond donors (Lipinski definition) is 0. The van der Waals surface area contributed by atoms with Crippen molar-refractivity contribution in [1.82, 2.24) is 0 Å². The summed E-state index contributed by atoms with van der Waals surface area (Å²) in [5.41, 5.74) is 1.37. The van der Waals surface area contributed by atoms with Gasteiger partial charge in [-0.05, 0) is 73.6 Å². The molecule has 128 valence electrons. The van der Waals surface area contributed by atoms with Crippen LogP contribution in [-0.2, 0) is 0 Å². The average molecular weight is 332 g/mol. The molecule has 1 saturated carbocycles. The summed E-state index contributed by atoms with van der Waals surface area (Å²) in [4.78, 5) is 0. The maximum absolute atomic E-state index is 14.5. The van der Waals surface area contributed by atoms with E-state index in [9.17, 15) is 13.2 Å². The minimum Gasteiger partial charge on any atom is -0.251 e. The summed E-state index contributed by atoms with van der Waals surface area (Å²) in [5, 5.41) is 0. The van der Waals surface area contributed by atoms with Crippen LogP contribution < -0.4 is 0 Å². The fourth-order valence-electron chi connectivity index (χ4n) is 3.86. The minimum atomic E-state index is -0.490. The molecule has 0 heterocycles. The Kier molecular flexibility index (Phi) is 5.60. The zero-order valence-electron chi connectivity index (χ0n) is 13.8. The number of halogens is 3. The Morgan fingerprint density at radius 2 is 1.50 bits per heavy atom. The normalized spacial score (nSPS) is 21.0. The van der Waals surface area contributed by atoms with Crippen LogP contribution in [0.5, 0.6) is 0 Å². The SMILES string of the molecule is FCCCC1CCC(c2cc(F)c(-c3ccccc3)c(F)c2)CC1. The summed E-state index contributed by atoms with van der Waals surface area (Å²) in [7, 11) is 0. The first-order chi connectivity index (χ1) is 11.7. The average Bonchev–Trinajstić information content (AvgIpc) is 2.61. The van der Waals surface area contributed by atoms with Gasteiger partial charge in [0.25, 0.3) is 0 Å². The Morgan fingerprint density at radius 1 is 0.875 bits per heavy atom. The Morgan fingerprint density at radius 3 is 2.08 bits per heavy atom. The van der Waals surface area contributed by atoms with Gasteiger partial charge in [-0.3, -0.25) is 4.39 Å². The van der Waals surface area contributed by atoms with Gasteiger partial charge in [0.1, 0.15) is 11.6 Å². The van der Waals surface area contributed by atoms with E-state index in [1.54, 1.807) is 24.3 Å². The first-order valence-electron chi connectivity index (χ1n) is 8.79. The van der Waals surface area contributed by atoms with Crippen molar-refractivity contribution in [2.24, 2.45) is 5.92 Å². The van der Waals surface area contributed by atoms with E-state index in [1.807, 2.05) is 6.07 Å². The van der Waals surface area contributed by atoms with Gasteiger partial charge in [0, 0.05) is 0 Å². The van der Waals surface area contributed by atoms with Crippen LogP contribution in [0.3, 0.4) is 0 Å². The molecule has 2 aromatic rings. The van der Waals surface area contributed by atoms with E-state index >= 15 is 0 Å². The Bertz CT molecular complexity index is 635. The molecule has 0 amide bonds. The third kappa shape index (κ3) is 3.82. The minimum absolute atomic E-state index is 0.0518. The van der Waals surface area contributed by atoms with E-state index in [1.165, 1.54) is 12.1 Å². The largest absolute Gasteiger partial charge is 0.251 e. The molecule has 0 atom stereocenters. The molecule has 0 nitrogen and oxygen atoms in total. The van der Waals surface area contributed by atoms with Crippen molar-refractivity contribution in [3.8, 4) is 11.1 Å². The van der Waals surface area contributed by atoms with E-state index in [0.717, 1.165) is 37.7 Å². The van der Waals surface area contributed by atoms with E-state index in [0.29, 0.717) is 17.9 Å². The van der Waals surface area contributed by atoms with Gasteiger partial charge in [-0.1, -0.05) is 30.3 Å². The predicted molar refractivity (Wildman–Crippen MR) is 91.7 cm³/mol. The van der Waals surface area contributed by atoms with Gasteiger partial charge in [-0.2, -0.15) is 0 Å². The van der Waals surface area contributed by atoms with Crippen LogP contribution in [0.4, 0.5) is 13.2 Å². The Labute approximate surface area is 141 Å². The van der Waals surface area contributed by atoms with Gasteiger partial charge in [-0.15, -0.1) is 0 Å². The highest BCUT2D eigenvalue weighted by atomic mass is 19.1. The van der Waals surface area contributed by atoms with Gasteiger partial charge in [0.05, 0.1) is 12.2 Å². The molecule has 3 rings (SSSR count).